The van der Waals surface area contributed by atoms with Crippen molar-refractivity contribution < 1.29 is 14.3 Å². The Hall–Kier alpha value is -2.49. The number of ether oxygens (including phenoxy) is 2. The SMILES string of the molecule is O=C(CCc1ccc2c(c1)OCO2)N[C@@H]1CCCc2ccccc21. The number of benzene rings is 2. The molecule has 0 aromatic heterocycles. The molecule has 2 aromatic rings. The highest BCUT2D eigenvalue weighted by Gasteiger charge is 2.21. The van der Waals surface area contributed by atoms with Crippen molar-refractivity contribution in [2.75, 3.05) is 6.79 Å². The highest BCUT2D eigenvalue weighted by atomic mass is 16.7. The predicted octanol–water partition coefficient (Wildman–Crippen LogP) is 3.54. The molecule has 1 heterocycles. The van der Waals surface area contributed by atoms with Gasteiger partial charge in [-0.2, -0.15) is 0 Å². The molecule has 4 rings (SSSR count). The molecule has 0 saturated heterocycles. The van der Waals surface area contributed by atoms with E-state index < -0.39 is 0 Å². The highest BCUT2D eigenvalue weighted by molar-refractivity contribution is 5.76. The smallest absolute Gasteiger partial charge is 0.231 e. The zero-order chi connectivity index (χ0) is 16.4. The fourth-order valence-corrected chi connectivity index (χ4v) is 3.52. The number of carbonyl (C=O) groups is 1. The summed E-state index contributed by atoms with van der Waals surface area (Å²) in [6.07, 6.45) is 4.45. The maximum absolute atomic E-state index is 12.4. The number of amides is 1. The van der Waals surface area contributed by atoms with E-state index in [9.17, 15) is 4.79 Å². The molecule has 124 valence electrons. The third kappa shape index (κ3) is 3.09. The van der Waals surface area contributed by atoms with E-state index in [1.54, 1.807) is 0 Å². The van der Waals surface area contributed by atoms with Crippen LogP contribution >= 0.6 is 0 Å². The van der Waals surface area contributed by atoms with Gasteiger partial charge in [-0.1, -0.05) is 30.3 Å². The summed E-state index contributed by atoms with van der Waals surface area (Å²) < 4.78 is 10.7. The van der Waals surface area contributed by atoms with Gasteiger partial charge >= 0.3 is 0 Å². The molecule has 4 nitrogen and oxygen atoms in total. The van der Waals surface area contributed by atoms with Crippen LogP contribution in [0.4, 0.5) is 0 Å². The zero-order valence-electron chi connectivity index (χ0n) is 13.6. The minimum atomic E-state index is 0.106. The second-order valence-corrected chi connectivity index (χ2v) is 6.40. The highest BCUT2D eigenvalue weighted by Crippen LogP contribution is 2.33. The second kappa shape index (κ2) is 6.56. The Morgan fingerprint density at radius 3 is 2.96 bits per heavy atom. The van der Waals surface area contributed by atoms with E-state index in [1.807, 2.05) is 18.2 Å². The Morgan fingerprint density at radius 2 is 2.00 bits per heavy atom. The first-order valence-electron chi connectivity index (χ1n) is 8.55. The van der Waals surface area contributed by atoms with Crippen molar-refractivity contribution in [2.45, 2.75) is 38.1 Å². The standard InChI is InChI=1S/C20H21NO3/c22-20(11-9-14-8-10-18-19(12-14)24-13-23-18)21-17-7-3-5-15-4-1-2-6-16(15)17/h1-2,4,6,8,10,12,17H,3,5,7,9,11,13H2,(H,21,22)/t17-/m1/s1. The molecule has 4 heteroatoms. The third-order valence-corrected chi connectivity index (χ3v) is 4.78. The van der Waals surface area contributed by atoms with E-state index in [0.717, 1.165) is 36.3 Å². The molecule has 1 aliphatic heterocycles. The summed E-state index contributed by atoms with van der Waals surface area (Å²) in [6, 6.07) is 14.4. The van der Waals surface area contributed by atoms with Crippen LogP contribution in [0.1, 0.15) is 42.0 Å². The van der Waals surface area contributed by atoms with Crippen LogP contribution < -0.4 is 14.8 Å². The van der Waals surface area contributed by atoms with Crippen LogP contribution in [0.3, 0.4) is 0 Å². The van der Waals surface area contributed by atoms with Crippen LogP contribution in [-0.4, -0.2) is 12.7 Å². The first-order chi connectivity index (χ1) is 11.8. The number of hydrogen-bond donors (Lipinski definition) is 1. The molecular formula is C20H21NO3. The maximum Gasteiger partial charge on any atom is 0.231 e. The van der Waals surface area contributed by atoms with E-state index in [0.29, 0.717) is 12.8 Å². The predicted molar refractivity (Wildman–Crippen MR) is 91.1 cm³/mol. The number of fused-ring (bicyclic) bond motifs is 2. The first-order valence-corrected chi connectivity index (χ1v) is 8.55. The lowest BCUT2D eigenvalue weighted by Crippen LogP contribution is -2.31. The molecule has 0 saturated carbocycles. The van der Waals surface area contributed by atoms with Gasteiger partial charge in [-0.3, -0.25) is 4.79 Å². The van der Waals surface area contributed by atoms with E-state index in [-0.39, 0.29) is 18.7 Å². The number of nitrogens with one attached hydrogen (secondary N) is 1. The van der Waals surface area contributed by atoms with E-state index >= 15 is 0 Å². The van der Waals surface area contributed by atoms with Crippen LogP contribution in [0.25, 0.3) is 0 Å². The lowest BCUT2D eigenvalue weighted by Gasteiger charge is -2.26. The number of rotatable bonds is 4. The molecule has 0 radical (unpaired) electrons. The summed E-state index contributed by atoms with van der Waals surface area (Å²) in [7, 11) is 0. The molecule has 1 atom stereocenters. The number of hydrogen-bond acceptors (Lipinski definition) is 3. The normalized spacial score (nSPS) is 18.1. The van der Waals surface area contributed by atoms with Crippen molar-refractivity contribution in [3.8, 4) is 11.5 Å². The van der Waals surface area contributed by atoms with Crippen molar-refractivity contribution in [1.29, 1.82) is 0 Å². The quantitative estimate of drug-likeness (QED) is 0.936. The molecule has 24 heavy (non-hydrogen) atoms. The van der Waals surface area contributed by atoms with Gasteiger partial charge in [0.25, 0.3) is 0 Å². The lowest BCUT2D eigenvalue weighted by molar-refractivity contribution is -0.121. The molecule has 1 amide bonds. The summed E-state index contributed by atoms with van der Waals surface area (Å²) in [4.78, 5) is 12.4. The summed E-state index contributed by atoms with van der Waals surface area (Å²) in [5.74, 6) is 1.66. The topological polar surface area (TPSA) is 47.6 Å². The number of aryl methyl sites for hydroxylation is 2. The summed E-state index contributed by atoms with van der Waals surface area (Å²) in [5.41, 5.74) is 3.74. The van der Waals surface area contributed by atoms with Crippen molar-refractivity contribution in [1.82, 2.24) is 5.32 Å². The fourth-order valence-electron chi connectivity index (χ4n) is 3.52. The number of carbonyl (C=O) groups excluding carboxylic acids is 1. The van der Waals surface area contributed by atoms with Crippen molar-refractivity contribution in [3.05, 3.63) is 59.2 Å². The van der Waals surface area contributed by atoms with Crippen LogP contribution in [0, 0.1) is 0 Å². The van der Waals surface area contributed by atoms with Crippen molar-refractivity contribution >= 4 is 5.91 Å². The van der Waals surface area contributed by atoms with Gasteiger partial charge in [0.15, 0.2) is 11.5 Å². The molecular weight excluding hydrogens is 302 g/mol. The molecule has 2 aliphatic rings. The minimum Gasteiger partial charge on any atom is -0.454 e. The summed E-state index contributed by atoms with van der Waals surface area (Å²) in [6.45, 7) is 0.278. The van der Waals surface area contributed by atoms with Crippen LogP contribution in [0.15, 0.2) is 42.5 Å². The van der Waals surface area contributed by atoms with Gasteiger partial charge in [-0.05, 0) is 54.5 Å². The minimum absolute atomic E-state index is 0.106. The van der Waals surface area contributed by atoms with Crippen LogP contribution in [0.5, 0.6) is 11.5 Å². The fraction of sp³-hybridized carbons (Fsp3) is 0.350. The Morgan fingerprint density at radius 1 is 1.12 bits per heavy atom. The van der Waals surface area contributed by atoms with Crippen LogP contribution in [-0.2, 0) is 17.6 Å². The Bertz CT molecular complexity index is 756. The molecule has 0 spiro atoms. The van der Waals surface area contributed by atoms with Crippen LogP contribution in [0.2, 0.25) is 0 Å². The Balaban J connectivity index is 1.36. The summed E-state index contributed by atoms with van der Waals surface area (Å²) >= 11 is 0. The maximum atomic E-state index is 12.4. The molecule has 1 aliphatic carbocycles. The largest absolute Gasteiger partial charge is 0.454 e. The van der Waals surface area contributed by atoms with Gasteiger partial charge in [-0.15, -0.1) is 0 Å². The first kappa shape index (κ1) is 15.1. The zero-order valence-corrected chi connectivity index (χ0v) is 13.6. The summed E-state index contributed by atoms with van der Waals surface area (Å²) in [5, 5.41) is 3.20. The third-order valence-electron chi connectivity index (χ3n) is 4.78. The van der Waals surface area contributed by atoms with Crippen molar-refractivity contribution in [2.24, 2.45) is 0 Å². The van der Waals surface area contributed by atoms with Gasteiger partial charge in [0.2, 0.25) is 12.7 Å². The Kier molecular flexibility index (Phi) is 4.11. The molecule has 2 aromatic carbocycles. The van der Waals surface area contributed by atoms with E-state index in [2.05, 4.69) is 29.6 Å². The van der Waals surface area contributed by atoms with Crippen molar-refractivity contribution in [3.63, 3.8) is 0 Å². The van der Waals surface area contributed by atoms with Gasteiger partial charge in [0.05, 0.1) is 6.04 Å². The van der Waals surface area contributed by atoms with Gasteiger partial charge in [0, 0.05) is 6.42 Å². The Labute approximate surface area is 141 Å². The molecule has 0 bridgehead atoms. The average Bonchev–Trinajstić information content (AvgIpc) is 3.08. The lowest BCUT2D eigenvalue weighted by atomic mass is 9.87. The second-order valence-electron chi connectivity index (χ2n) is 6.40. The average molecular weight is 323 g/mol. The molecule has 1 N–H and O–H groups in total. The van der Waals surface area contributed by atoms with Gasteiger partial charge in [-0.25, -0.2) is 0 Å². The van der Waals surface area contributed by atoms with E-state index in [4.69, 9.17) is 9.47 Å². The van der Waals surface area contributed by atoms with E-state index in [1.165, 1.54) is 11.1 Å². The molecule has 0 fully saturated rings. The van der Waals surface area contributed by atoms with Gasteiger partial charge < -0.3 is 14.8 Å². The molecule has 0 unspecified atom stereocenters. The monoisotopic (exact) mass is 323 g/mol. The van der Waals surface area contributed by atoms with Gasteiger partial charge in [0.1, 0.15) is 0 Å².